The first-order valence-corrected chi connectivity index (χ1v) is 4.98. The van der Waals surface area contributed by atoms with E-state index in [1.165, 1.54) is 6.07 Å². The number of phenolic OH excluding ortho intramolecular Hbond substituents is 1. The highest BCUT2D eigenvalue weighted by molar-refractivity contribution is 5.79. The van der Waals surface area contributed by atoms with Crippen molar-refractivity contribution in [2.24, 2.45) is 0 Å². The van der Waals surface area contributed by atoms with Crippen LogP contribution in [0.5, 0.6) is 5.75 Å². The van der Waals surface area contributed by atoms with E-state index in [1.54, 1.807) is 24.7 Å². The van der Waals surface area contributed by atoms with Gasteiger partial charge in [-0.25, -0.2) is 4.98 Å². The van der Waals surface area contributed by atoms with Crippen LogP contribution in [0.2, 0.25) is 0 Å². The van der Waals surface area contributed by atoms with Gasteiger partial charge < -0.3 is 9.67 Å². The van der Waals surface area contributed by atoms with E-state index < -0.39 is 0 Å². The third-order valence-corrected chi connectivity index (χ3v) is 2.63. The lowest BCUT2D eigenvalue weighted by Gasteiger charge is -2.14. The smallest absolute Gasteiger partial charge is 0.153 e. The Kier molecular flexibility index (Phi) is 2.72. The van der Waals surface area contributed by atoms with Crippen LogP contribution < -0.4 is 0 Å². The van der Waals surface area contributed by atoms with E-state index in [-0.39, 0.29) is 11.8 Å². The van der Waals surface area contributed by atoms with Crippen LogP contribution in [0, 0.1) is 0 Å². The zero-order valence-electron chi connectivity index (χ0n) is 8.87. The molecular weight excluding hydrogens is 204 g/mol. The summed E-state index contributed by atoms with van der Waals surface area (Å²) in [6.45, 7) is 2.00. The van der Waals surface area contributed by atoms with Crippen LogP contribution in [-0.4, -0.2) is 20.9 Å². The second-order valence-electron chi connectivity index (χ2n) is 3.62. The Morgan fingerprint density at radius 1 is 1.50 bits per heavy atom. The molecule has 1 N–H and O–H groups in total. The van der Waals surface area contributed by atoms with Gasteiger partial charge in [0.1, 0.15) is 5.75 Å². The first kappa shape index (κ1) is 10.4. The van der Waals surface area contributed by atoms with Gasteiger partial charge in [0.25, 0.3) is 0 Å². The lowest BCUT2D eigenvalue weighted by Crippen LogP contribution is -2.04. The number of benzene rings is 1. The summed E-state index contributed by atoms with van der Waals surface area (Å²) in [5.41, 5.74) is 1.27. The molecule has 4 heteroatoms. The van der Waals surface area contributed by atoms with Gasteiger partial charge >= 0.3 is 0 Å². The maximum absolute atomic E-state index is 10.7. The highest BCUT2D eigenvalue weighted by Gasteiger charge is 2.09. The van der Waals surface area contributed by atoms with Gasteiger partial charge in [-0.2, -0.15) is 0 Å². The second kappa shape index (κ2) is 4.18. The molecule has 1 aromatic heterocycles. The topological polar surface area (TPSA) is 55.1 Å². The minimum absolute atomic E-state index is 0.0107. The summed E-state index contributed by atoms with van der Waals surface area (Å²) in [5, 5.41) is 9.40. The number of carbonyl (C=O) groups excluding carboxylic acids is 1. The van der Waals surface area contributed by atoms with Crippen molar-refractivity contribution < 1.29 is 9.90 Å². The molecule has 0 fully saturated rings. The van der Waals surface area contributed by atoms with Crippen molar-refractivity contribution in [2.75, 3.05) is 0 Å². The molecule has 0 saturated heterocycles. The highest BCUT2D eigenvalue weighted by Crippen LogP contribution is 2.23. The lowest BCUT2D eigenvalue weighted by molar-refractivity contribution is 0.112. The molecule has 0 bridgehead atoms. The van der Waals surface area contributed by atoms with E-state index in [0.29, 0.717) is 11.8 Å². The van der Waals surface area contributed by atoms with Crippen LogP contribution in [0.15, 0.2) is 36.9 Å². The van der Waals surface area contributed by atoms with Crippen LogP contribution >= 0.6 is 0 Å². The summed E-state index contributed by atoms with van der Waals surface area (Å²) in [6, 6.07) is 5.11. The van der Waals surface area contributed by atoms with E-state index in [4.69, 9.17) is 0 Å². The SMILES string of the molecule is CC(c1ccc(O)c(C=O)c1)n1ccnc1. The van der Waals surface area contributed by atoms with Crippen molar-refractivity contribution in [1.82, 2.24) is 9.55 Å². The third kappa shape index (κ3) is 1.82. The fourth-order valence-corrected chi connectivity index (χ4v) is 1.60. The van der Waals surface area contributed by atoms with E-state index in [1.807, 2.05) is 17.7 Å². The molecular formula is C12H12N2O2. The van der Waals surface area contributed by atoms with Crippen LogP contribution in [0.4, 0.5) is 0 Å². The van der Waals surface area contributed by atoms with Crippen LogP contribution in [-0.2, 0) is 0 Å². The van der Waals surface area contributed by atoms with Gasteiger partial charge in [0.05, 0.1) is 17.9 Å². The number of aldehydes is 1. The first-order chi connectivity index (χ1) is 7.72. The molecule has 4 nitrogen and oxygen atoms in total. The maximum atomic E-state index is 10.7. The first-order valence-electron chi connectivity index (χ1n) is 4.98. The fraction of sp³-hybridized carbons (Fsp3) is 0.167. The van der Waals surface area contributed by atoms with Crippen LogP contribution in [0.25, 0.3) is 0 Å². The number of hydrogen-bond acceptors (Lipinski definition) is 3. The van der Waals surface area contributed by atoms with Crippen LogP contribution in [0.3, 0.4) is 0 Å². The van der Waals surface area contributed by atoms with E-state index in [2.05, 4.69) is 4.98 Å². The fourth-order valence-electron chi connectivity index (χ4n) is 1.60. The molecule has 0 aliphatic carbocycles. The Labute approximate surface area is 93.2 Å². The molecule has 82 valence electrons. The molecule has 0 saturated carbocycles. The molecule has 2 rings (SSSR count). The molecule has 0 radical (unpaired) electrons. The minimum atomic E-state index is 0.0107. The van der Waals surface area contributed by atoms with E-state index in [0.717, 1.165) is 5.56 Å². The average Bonchev–Trinajstić information content (AvgIpc) is 2.82. The maximum Gasteiger partial charge on any atom is 0.153 e. The average molecular weight is 216 g/mol. The van der Waals surface area contributed by atoms with Crippen molar-refractivity contribution in [3.05, 3.63) is 48.0 Å². The number of phenols is 1. The molecule has 0 spiro atoms. The number of aromatic nitrogens is 2. The molecule has 1 heterocycles. The van der Waals surface area contributed by atoms with Gasteiger partial charge in [-0.05, 0) is 24.6 Å². The number of nitrogens with zero attached hydrogens (tertiary/aromatic N) is 2. The van der Waals surface area contributed by atoms with Gasteiger partial charge in [0, 0.05) is 12.4 Å². The van der Waals surface area contributed by atoms with Crippen molar-refractivity contribution in [2.45, 2.75) is 13.0 Å². The summed E-state index contributed by atoms with van der Waals surface area (Å²) in [4.78, 5) is 14.7. The van der Waals surface area contributed by atoms with Crippen molar-refractivity contribution in [1.29, 1.82) is 0 Å². The third-order valence-electron chi connectivity index (χ3n) is 2.63. The molecule has 2 aromatic rings. The Bertz CT molecular complexity index is 492. The Morgan fingerprint density at radius 3 is 2.94 bits per heavy atom. The molecule has 1 unspecified atom stereocenters. The molecule has 1 atom stereocenters. The van der Waals surface area contributed by atoms with Crippen LogP contribution in [0.1, 0.15) is 28.9 Å². The monoisotopic (exact) mass is 216 g/mol. The van der Waals surface area contributed by atoms with Gasteiger partial charge in [0.2, 0.25) is 0 Å². The zero-order valence-corrected chi connectivity index (χ0v) is 8.87. The highest BCUT2D eigenvalue weighted by atomic mass is 16.3. The normalized spacial score (nSPS) is 12.3. The number of imidazole rings is 1. The predicted octanol–water partition coefficient (Wildman–Crippen LogP) is 2.01. The summed E-state index contributed by atoms with van der Waals surface area (Å²) < 4.78 is 1.93. The van der Waals surface area contributed by atoms with Gasteiger partial charge in [-0.3, -0.25) is 4.79 Å². The molecule has 0 amide bonds. The summed E-state index contributed by atoms with van der Waals surface area (Å²) in [7, 11) is 0. The van der Waals surface area contributed by atoms with Gasteiger partial charge in [-0.15, -0.1) is 0 Å². The Morgan fingerprint density at radius 2 is 2.31 bits per heavy atom. The van der Waals surface area contributed by atoms with Crippen molar-refractivity contribution in [3.8, 4) is 5.75 Å². The largest absolute Gasteiger partial charge is 0.507 e. The molecule has 16 heavy (non-hydrogen) atoms. The Balaban J connectivity index is 2.37. The van der Waals surface area contributed by atoms with E-state index in [9.17, 15) is 9.90 Å². The standard InChI is InChI=1S/C12H12N2O2/c1-9(14-5-4-13-8-14)10-2-3-12(16)11(6-10)7-15/h2-9,16H,1H3. The summed E-state index contributed by atoms with van der Waals surface area (Å²) in [6.07, 6.45) is 5.94. The zero-order chi connectivity index (χ0) is 11.5. The van der Waals surface area contributed by atoms with Gasteiger partial charge in [0.15, 0.2) is 6.29 Å². The quantitative estimate of drug-likeness (QED) is 0.798. The second-order valence-corrected chi connectivity index (χ2v) is 3.62. The summed E-state index contributed by atoms with van der Waals surface area (Å²) in [5.74, 6) is 0.0107. The number of rotatable bonds is 3. The van der Waals surface area contributed by atoms with Gasteiger partial charge in [-0.1, -0.05) is 6.07 Å². The van der Waals surface area contributed by atoms with Crippen molar-refractivity contribution in [3.63, 3.8) is 0 Å². The summed E-state index contributed by atoms with van der Waals surface area (Å²) >= 11 is 0. The Hall–Kier alpha value is -2.10. The predicted molar refractivity (Wildman–Crippen MR) is 59.5 cm³/mol. The van der Waals surface area contributed by atoms with E-state index >= 15 is 0 Å². The number of hydrogen-bond donors (Lipinski definition) is 1. The minimum Gasteiger partial charge on any atom is -0.507 e. The molecule has 0 aliphatic rings. The number of aromatic hydroxyl groups is 1. The molecule has 0 aliphatic heterocycles. The molecule has 1 aromatic carbocycles. The number of carbonyl (C=O) groups is 1. The van der Waals surface area contributed by atoms with Crippen molar-refractivity contribution >= 4 is 6.29 Å². The lowest BCUT2D eigenvalue weighted by atomic mass is 10.0.